The first-order valence-electron chi connectivity index (χ1n) is 7.64. The molecule has 25 heavy (non-hydrogen) atoms. The molecule has 1 unspecified atom stereocenters. The van der Waals surface area contributed by atoms with E-state index in [9.17, 15) is 10.1 Å². The summed E-state index contributed by atoms with van der Waals surface area (Å²) >= 11 is 0. The minimum absolute atomic E-state index is 0.0131. The van der Waals surface area contributed by atoms with E-state index in [0.29, 0.717) is 11.4 Å². The second kappa shape index (κ2) is 7.83. The number of hydrogen-bond acceptors (Lipinski definition) is 5. The van der Waals surface area contributed by atoms with Crippen LogP contribution < -0.4 is 4.74 Å². The summed E-state index contributed by atoms with van der Waals surface area (Å²) in [7, 11) is 0. The SMILES string of the molecule is O=[N+]([O-])c1ccc(N=NC(Oc2ccccc2)c2ccccc2)cc1. The van der Waals surface area contributed by atoms with Gasteiger partial charge in [0.2, 0.25) is 6.23 Å². The van der Waals surface area contributed by atoms with Crippen LogP contribution in [-0.2, 0) is 0 Å². The van der Waals surface area contributed by atoms with E-state index in [0.717, 1.165) is 5.56 Å². The Morgan fingerprint density at radius 3 is 2.04 bits per heavy atom. The molecule has 124 valence electrons. The van der Waals surface area contributed by atoms with Crippen molar-refractivity contribution in [3.8, 4) is 5.75 Å². The summed E-state index contributed by atoms with van der Waals surface area (Å²) in [5.74, 6) is 0.680. The van der Waals surface area contributed by atoms with E-state index in [-0.39, 0.29) is 5.69 Å². The third-order valence-electron chi connectivity index (χ3n) is 3.41. The van der Waals surface area contributed by atoms with Crippen LogP contribution in [0.4, 0.5) is 11.4 Å². The van der Waals surface area contributed by atoms with Gasteiger partial charge in [0.05, 0.1) is 10.6 Å². The third kappa shape index (κ3) is 4.48. The molecule has 3 rings (SSSR count). The summed E-state index contributed by atoms with van der Waals surface area (Å²) in [5.41, 5.74) is 1.39. The summed E-state index contributed by atoms with van der Waals surface area (Å²) in [6.07, 6.45) is -0.612. The zero-order chi connectivity index (χ0) is 17.5. The normalized spacial score (nSPS) is 12.0. The summed E-state index contributed by atoms with van der Waals surface area (Å²) < 4.78 is 5.92. The molecular formula is C19H15N3O3. The van der Waals surface area contributed by atoms with Crippen molar-refractivity contribution >= 4 is 11.4 Å². The first-order valence-corrected chi connectivity index (χ1v) is 7.64. The van der Waals surface area contributed by atoms with Crippen molar-refractivity contribution in [3.05, 3.63) is 101 Å². The Morgan fingerprint density at radius 2 is 1.44 bits per heavy atom. The van der Waals surface area contributed by atoms with E-state index in [2.05, 4.69) is 10.2 Å². The second-order valence-corrected chi connectivity index (χ2v) is 5.18. The molecular weight excluding hydrogens is 318 g/mol. The van der Waals surface area contributed by atoms with Gasteiger partial charge in [-0.1, -0.05) is 48.5 Å². The minimum Gasteiger partial charge on any atom is -0.463 e. The first kappa shape index (κ1) is 16.3. The quantitative estimate of drug-likeness (QED) is 0.341. The molecule has 0 aliphatic carbocycles. The maximum atomic E-state index is 10.7. The van der Waals surface area contributed by atoms with Crippen molar-refractivity contribution in [2.24, 2.45) is 10.2 Å². The zero-order valence-corrected chi connectivity index (χ0v) is 13.2. The standard InChI is InChI=1S/C19H15N3O3/c23-22(24)17-13-11-16(12-14-17)20-21-19(15-7-3-1-4-8-15)25-18-9-5-2-6-10-18/h1-14,19H. The monoisotopic (exact) mass is 333 g/mol. The van der Waals surface area contributed by atoms with Crippen LogP contribution in [0.3, 0.4) is 0 Å². The predicted molar refractivity (Wildman–Crippen MR) is 93.9 cm³/mol. The Kier molecular flexibility index (Phi) is 5.11. The fourth-order valence-electron chi connectivity index (χ4n) is 2.16. The summed E-state index contributed by atoms with van der Waals surface area (Å²) in [6, 6.07) is 24.8. The number of nitro groups is 1. The van der Waals surface area contributed by atoms with Gasteiger partial charge in [-0.3, -0.25) is 10.1 Å². The van der Waals surface area contributed by atoms with Crippen LogP contribution in [0, 0.1) is 10.1 Å². The van der Waals surface area contributed by atoms with Crippen LogP contribution in [0.25, 0.3) is 0 Å². The highest BCUT2D eigenvalue weighted by molar-refractivity contribution is 5.43. The fourth-order valence-corrected chi connectivity index (χ4v) is 2.16. The van der Waals surface area contributed by atoms with E-state index in [4.69, 9.17) is 4.74 Å². The zero-order valence-electron chi connectivity index (χ0n) is 13.2. The number of benzene rings is 3. The van der Waals surface area contributed by atoms with Crippen LogP contribution in [0.2, 0.25) is 0 Å². The minimum atomic E-state index is -0.612. The lowest BCUT2D eigenvalue weighted by Crippen LogP contribution is -2.04. The molecule has 6 nitrogen and oxygen atoms in total. The number of ether oxygens (including phenoxy) is 1. The Balaban J connectivity index is 1.83. The topological polar surface area (TPSA) is 77.1 Å². The molecule has 0 spiro atoms. The van der Waals surface area contributed by atoms with Crippen molar-refractivity contribution in [2.75, 3.05) is 0 Å². The number of para-hydroxylation sites is 1. The lowest BCUT2D eigenvalue weighted by Gasteiger charge is -2.14. The fraction of sp³-hybridized carbons (Fsp3) is 0.0526. The van der Waals surface area contributed by atoms with Gasteiger partial charge in [0.1, 0.15) is 5.75 Å². The largest absolute Gasteiger partial charge is 0.463 e. The van der Waals surface area contributed by atoms with Crippen LogP contribution in [0.1, 0.15) is 11.8 Å². The van der Waals surface area contributed by atoms with Crippen LogP contribution in [0.5, 0.6) is 5.75 Å². The van der Waals surface area contributed by atoms with Gasteiger partial charge in [0, 0.05) is 17.7 Å². The highest BCUT2D eigenvalue weighted by Gasteiger charge is 2.12. The molecule has 6 heteroatoms. The average Bonchev–Trinajstić information content (AvgIpc) is 2.67. The summed E-state index contributed by atoms with van der Waals surface area (Å²) in [6.45, 7) is 0. The van der Waals surface area contributed by atoms with Crippen molar-refractivity contribution in [1.29, 1.82) is 0 Å². The van der Waals surface area contributed by atoms with Crippen molar-refractivity contribution < 1.29 is 9.66 Å². The Morgan fingerprint density at radius 1 is 0.840 bits per heavy atom. The van der Waals surface area contributed by atoms with E-state index in [1.54, 1.807) is 12.1 Å². The van der Waals surface area contributed by atoms with Crippen molar-refractivity contribution in [3.63, 3.8) is 0 Å². The predicted octanol–water partition coefficient (Wildman–Crippen LogP) is 5.46. The van der Waals surface area contributed by atoms with Gasteiger partial charge in [-0.05, 0) is 24.3 Å². The summed E-state index contributed by atoms with van der Waals surface area (Å²) in [4.78, 5) is 10.2. The van der Waals surface area contributed by atoms with E-state index in [1.807, 2.05) is 60.7 Å². The van der Waals surface area contributed by atoms with E-state index in [1.165, 1.54) is 12.1 Å². The Labute approximate surface area is 144 Å². The molecule has 0 bridgehead atoms. The van der Waals surface area contributed by atoms with Gasteiger partial charge in [0.15, 0.2) is 0 Å². The smallest absolute Gasteiger partial charge is 0.269 e. The molecule has 0 aromatic heterocycles. The highest BCUT2D eigenvalue weighted by atomic mass is 16.6. The molecule has 3 aromatic rings. The average molecular weight is 333 g/mol. The van der Waals surface area contributed by atoms with E-state index < -0.39 is 11.2 Å². The number of rotatable bonds is 6. The molecule has 0 saturated carbocycles. The Bertz CT molecular complexity index is 850. The van der Waals surface area contributed by atoms with Crippen LogP contribution in [0.15, 0.2) is 95.2 Å². The third-order valence-corrected chi connectivity index (χ3v) is 3.41. The number of non-ortho nitro benzene ring substituents is 1. The lowest BCUT2D eigenvalue weighted by molar-refractivity contribution is -0.384. The Hall–Kier alpha value is -3.54. The molecule has 0 radical (unpaired) electrons. The van der Waals surface area contributed by atoms with Gasteiger partial charge in [0.25, 0.3) is 5.69 Å². The molecule has 0 heterocycles. The van der Waals surface area contributed by atoms with Crippen LogP contribution in [-0.4, -0.2) is 4.92 Å². The molecule has 1 atom stereocenters. The lowest BCUT2D eigenvalue weighted by atomic mass is 10.2. The molecule has 0 fully saturated rings. The van der Waals surface area contributed by atoms with Gasteiger partial charge in [-0.15, -0.1) is 5.11 Å². The van der Waals surface area contributed by atoms with Gasteiger partial charge in [-0.25, -0.2) is 0 Å². The molecule has 0 amide bonds. The first-order chi connectivity index (χ1) is 12.2. The highest BCUT2D eigenvalue weighted by Crippen LogP contribution is 2.25. The molecule has 0 aliphatic rings. The van der Waals surface area contributed by atoms with E-state index >= 15 is 0 Å². The second-order valence-electron chi connectivity index (χ2n) is 5.18. The van der Waals surface area contributed by atoms with Crippen molar-refractivity contribution in [1.82, 2.24) is 0 Å². The maximum absolute atomic E-state index is 10.7. The maximum Gasteiger partial charge on any atom is 0.269 e. The number of hydrogen-bond donors (Lipinski definition) is 0. The molecule has 0 aliphatic heterocycles. The van der Waals surface area contributed by atoms with Crippen LogP contribution >= 0.6 is 0 Å². The number of azo groups is 1. The van der Waals surface area contributed by atoms with Gasteiger partial charge in [-0.2, -0.15) is 5.11 Å². The molecule has 3 aromatic carbocycles. The summed E-state index contributed by atoms with van der Waals surface area (Å²) in [5, 5.41) is 19.1. The number of nitrogens with zero attached hydrogens (tertiary/aromatic N) is 3. The van der Waals surface area contributed by atoms with Gasteiger partial charge < -0.3 is 4.74 Å². The van der Waals surface area contributed by atoms with Gasteiger partial charge >= 0.3 is 0 Å². The molecule has 0 saturated heterocycles. The van der Waals surface area contributed by atoms with Crippen molar-refractivity contribution in [2.45, 2.75) is 6.23 Å². The molecule has 0 N–H and O–H groups in total. The number of nitro benzene ring substituents is 1.